The summed E-state index contributed by atoms with van der Waals surface area (Å²) in [5.74, 6) is -0.129. The molecule has 0 radical (unpaired) electrons. The fourth-order valence-corrected chi connectivity index (χ4v) is 3.81. The summed E-state index contributed by atoms with van der Waals surface area (Å²) >= 11 is 6.44. The number of nitrogens with zero attached hydrogens (tertiary/aromatic N) is 4. The predicted octanol–water partition coefficient (Wildman–Crippen LogP) is 4.26. The molecule has 0 spiro atoms. The normalized spacial score (nSPS) is 11.2. The number of benzene rings is 2. The highest BCUT2D eigenvalue weighted by Crippen LogP contribution is 2.35. The third-order valence-corrected chi connectivity index (χ3v) is 5.12. The van der Waals surface area contributed by atoms with Gasteiger partial charge in [-0.3, -0.25) is 9.71 Å². The molecule has 148 valence electrons. The number of hydrogen-bond donors (Lipinski definition) is 1. The summed E-state index contributed by atoms with van der Waals surface area (Å²) in [6, 6.07) is 18.3. The van der Waals surface area contributed by atoms with Crippen molar-refractivity contribution in [1.82, 2.24) is 15.0 Å². The standard InChI is InChI=1S/C21H14ClN5O2S/c1-30(28,29)27-21-17(12-23)25-20(19(26-21)13-6-3-2-4-7-13)15-10-14-8-5-9-24-18(14)16(22)11-15/h2-11H,1H3,(H,26,27). The number of rotatable bonds is 4. The zero-order valence-electron chi connectivity index (χ0n) is 15.7. The quantitative estimate of drug-likeness (QED) is 0.513. The first-order valence-corrected chi connectivity index (χ1v) is 11.0. The molecule has 0 aliphatic heterocycles. The lowest BCUT2D eigenvalue weighted by Gasteiger charge is -2.13. The van der Waals surface area contributed by atoms with Crippen LogP contribution in [0, 0.1) is 11.3 Å². The van der Waals surface area contributed by atoms with Gasteiger partial charge in [-0.1, -0.05) is 48.0 Å². The van der Waals surface area contributed by atoms with Gasteiger partial charge in [-0.2, -0.15) is 5.26 Å². The summed E-state index contributed by atoms with van der Waals surface area (Å²) in [5.41, 5.74) is 2.67. The molecule has 0 aliphatic carbocycles. The van der Waals surface area contributed by atoms with E-state index >= 15 is 0 Å². The third-order valence-electron chi connectivity index (χ3n) is 4.26. The number of anilines is 1. The number of hydrogen-bond acceptors (Lipinski definition) is 6. The van der Waals surface area contributed by atoms with E-state index in [1.807, 2.05) is 48.5 Å². The van der Waals surface area contributed by atoms with Crippen LogP contribution in [0.4, 0.5) is 5.82 Å². The van der Waals surface area contributed by atoms with Gasteiger partial charge in [0.25, 0.3) is 0 Å². The summed E-state index contributed by atoms with van der Waals surface area (Å²) in [7, 11) is -3.65. The van der Waals surface area contributed by atoms with E-state index in [0.29, 0.717) is 33.1 Å². The van der Waals surface area contributed by atoms with E-state index in [1.54, 1.807) is 18.3 Å². The van der Waals surface area contributed by atoms with Gasteiger partial charge in [0.05, 0.1) is 28.2 Å². The minimum absolute atomic E-state index is 0.129. The molecule has 0 unspecified atom stereocenters. The van der Waals surface area contributed by atoms with Crippen molar-refractivity contribution >= 4 is 38.3 Å². The monoisotopic (exact) mass is 435 g/mol. The molecule has 2 heterocycles. The van der Waals surface area contributed by atoms with Crippen molar-refractivity contribution in [3.8, 4) is 28.6 Å². The Bertz CT molecular complexity index is 1420. The molecule has 7 nitrogen and oxygen atoms in total. The van der Waals surface area contributed by atoms with E-state index in [4.69, 9.17) is 11.6 Å². The Morgan fingerprint density at radius 2 is 1.73 bits per heavy atom. The number of aromatic nitrogens is 3. The van der Waals surface area contributed by atoms with Crippen LogP contribution in [-0.2, 0) is 10.0 Å². The Labute approximate surface area is 178 Å². The lowest BCUT2D eigenvalue weighted by molar-refractivity contribution is 0.606. The fourth-order valence-electron chi connectivity index (χ4n) is 3.04. The maximum atomic E-state index is 11.7. The Balaban J connectivity index is 2.03. The van der Waals surface area contributed by atoms with Crippen molar-refractivity contribution in [2.24, 2.45) is 0 Å². The molecular formula is C21H14ClN5O2S. The SMILES string of the molecule is CS(=O)(=O)Nc1nc(-c2ccccc2)c(-c2cc(Cl)c3ncccc3c2)nc1C#N. The molecule has 30 heavy (non-hydrogen) atoms. The molecule has 4 rings (SSSR count). The summed E-state index contributed by atoms with van der Waals surface area (Å²) in [6.45, 7) is 0. The molecule has 0 atom stereocenters. The minimum atomic E-state index is -3.65. The van der Waals surface area contributed by atoms with Gasteiger partial charge in [0.1, 0.15) is 6.07 Å². The van der Waals surface area contributed by atoms with Crippen molar-refractivity contribution in [3.63, 3.8) is 0 Å². The second kappa shape index (κ2) is 7.71. The molecule has 0 saturated heterocycles. The maximum Gasteiger partial charge on any atom is 0.231 e. The van der Waals surface area contributed by atoms with Gasteiger partial charge in [0, 0.05) is 22.7 Å². The van der Waals surface area contributed by atoms with E-state index in [2.05, 4.69) is 19.7 Å². The first kappa shape index (κ1) is 19.8. The zero-order valence-corrected chi connectivity index (χ0v) is 17.2. The molecular weight excluding hydrogens is 422 g/mol. The van der Waals surface area contributed by atoms with Crippen molar-refractivity contribution in [1.29, 1.82) is 5.26 Å². The number of pyridine rings is 1. The zero-order chi connectivity index (χ0) is 21.3. The molecule has 4 aromatic rings. The maximum absolute atomic E-state index is 11.7. The van der Waals surface area contributed by atoms with E-state index in [1.165, 1.54) is 0 Å². The Morgan fingerprint density at radius 1 is 1.00 bits per heavy atom. The predicted molar refractivity (Wildman–Crippen MR) is 116 cm³/mol. The Morgan fingerprint density at radius 3 is 2.43 bits per heavy atom. The average molecular weight is 436 g/mol. The second-order valence-corrected chi connectivity index (χ2v) is 8.66. The van der Waals surface area contributed by atoms with Gasteiger partial charge in [0.2, 0.25) is 10.0 Å². The number of sulfonamides is 1. The van der Waals surface area contributed by atoms with E-state index < -0.39 is 10.0 Å². The molecule has 0 saturated carbocycles. The number of fused-ring (bicyclic) bond motifs is 1. The lowest BCUT2D eigenvalue weighted by Crippen LogP contribution is -2.14. The summed E-state index contributed by atoms with van der Waals surface area (Å²) < 4.78 is 25.8. The smallest absolute Gasteiger partial charge is 0.231 e. The van der Waals surface area contributed by atoms with Crippen LogP contribution >= 0.6 is 11.6 Å². The molecule has 0 fully saturated rings. The topological polar surface area (TPSA) is 109 Å². The van der Waals surface area contributed by atoms with Crippen LogP contribution in [0.3, 0.4) is 0 Å². The van der Waals surface area contributed by atoms with Crippen LogP contribution in [0.5, 0.6) is 0 Å². The molecule has 1 N–H and O–H groups in total. The van der Waals surface area contributed by atoms with Crippen LogP contribution in [0.25, 0.3) is 33.4 Å². The molecule has 0 amide bonds. The van der Waals surface area contributed by atoms with Crippen molar-refractivity contribution < 1.29 is 8.42 Å². The second-order valence-electron chi connectivity index (χ2n) is 6.50. The lowest BCUT2D eigenvalue weighted by atomic mass is 10.0. The minimum Gasteiger partial charge on any atom is -0.265 e. The highest BCUT2D eigenvalue weighted by molar-refractivity contribution is 7.92. The van der Waals surface area contributed by atoms with Gasteiger partial charge < -0.3 is 0 Å². The third kappa shape index (κ3) is 3.94. The largest absolute Gasteiger partial charge is 0.265 e. The van der Waals surface area contributed by atoms with Crippen LogP contribution in [0.15, 0.2) is 60.8 Å². The highest BCUT2D eigenvalue weighted by atomic mass is 35.5. The van der Waals surface area contributed by atoms with Gasteiger partial charge in [-0.15, -0.1) is 0 Å². The van der Waals surface area contributed by atoms with Crippen molar-refractivity contribution in [2.45, 2.75) is 0 Å². The van der Waals surface area contributed by atoms with Crippen LogP contribution in [-0.4, -0.2) is 29.6 Å². The highest BCUT2D eigenvalue weighted by Gasteiger charge is 2.19. The van der Waals surface area contributed by atoms with E-state index in [0.717, 1.165) is 11.6 Å². The van der Waals surface area contributed by atoms with Gasteiger partial charge in [-0.05, 0) is 18.2 Å². The molecule has 2 aromatic heterocycles. The Hall–Kier alpha value is -3.54. The average Bonchev–Trinajstić information content (AvgIpc) is 2.73. The number of nitriles is 1. The first-order valence-electron chi connectivity index (χ1n) is 8.76. The van der Waals surface area contributed by atoms with E-state index in [9.17, 15) is 13.7 Å². The number of nitrogens with one attached hydrogen (secondary N) is 1. The van der Waals surface area contributed by atoms with Crippen molar-refractivity contribution in [3.05, 3.63) is 71.5 Å². The Kier molecular flexibility index (Phi) is 5.08. The van der Waals surface area contributed by atoms with Crippen LogP contribution in [0.2, 0.25) is 5.02 Å². The summed E-state index contributed by atoms with van der Waals surface area (Å²) in [5, 5.41) is 10.8. The van der Waals surface area contributed by atoms with Gasteiger partial charge in [-0.25, -0.2) is 18.4 Å². The summed E-state index contributed by atoms with van der Waals surface area (Å²) in [6.07, 6.45) is 2.64. The van der Waals surface area contributed by atoms with Gasteiger partial charge in [0.15, 0.2) is 11.5 Å². The summed E-state index contributed by atoms with van der Waals surface area (Å²) in [4.78, 5) is 13.2. The van der Waals surface area contributed by atoms with E-state index in [-0.39, 0.29) is 11.5 Å². The van der Waals surface area contributed by atoms with Crippen LogP contribution in [0.1, 0.15) is 5.69 Å². The van der Waals surface area contributed by atoms with Crippen LogP contribution < -0.4 is 4.72 Å². The molecule has 9 heteroatoms. The van der Waals surface area contributed by atoms with Gasteiger partial charge >= 0.3 is 0 Å². The number of halogens is 1. The molecule has 0 aliphatic rings. The fraction of sp³-hybridized carbons (Fsp3) is 0.0476. The molecule has 0 bridgehead atoms. The first-order chi connectivity index (χ1) is 14.4. The van der Waals surface area contributed by atoms with Crippen molar-refractivity contribution in [2.75, 3.05) is 11.0 Å². The molecule has 2 aromatic carbocycles.